The van der Waals surface area contributed by atoms with Crippen molar-refractivity contribution in [1.82, 2.24) is 19.8 Å². The number of nitrogens with zero attached hydrogens (tertiary/aromatic N) is 4. The lowest BCUT2D eigenvalue weighted by atomic mass is 9.85. The van der Waals surface area contributed by atoms with Crippen LogP contribution in [-0.2, 0) is 12.0 Å². The summed E-state index contributed by atoms with van der Waals surface area (Å²) in [7, 11) is 0. The molecular weight excluding hydrogens is 514 g/mol. The van der Waals surface area contributed by atoms with Crippen LogP contribution in [0.1, 0.15) is 66.5 Å². The molecule has 2 atom stereocenters. The van der Waals surface area contributed by atoms with Gasteiger partial charge in [0.2, 0.25) is 0 Å². The number of benzene rings is 3. The maximum Gasteiger partial charge on any atom is 0.0991 e. The number of imidazole rings is 1. The van der Waals surface area contributed by atoms with Crippen LogP contribution in [-0.4, -0.2) is 52.5 Å². The van der Waals surface area contributed by atoms with Crippen molar-refractivity contribution in [2.24, 2.45) is 11.8 Å². The molecule has 5 heteroatoms. The highest BCUT2D eigenvalue weighted by atomic mass is 15.2. The van der Waals surface area contributed by atoms with E-state index in [1.165, 1.54) is 54.6 Å². The van der Waals surface area contributed by atoms with E-state index in [0.717, 1.165) is 38.5 Å². The number of nitriles is 1. The number of hydrogen-bond donors (Lipinski definition) is 1. The highest BCUT2D eigenvalue weighted by Crippen LogP contribution is 2.38. The van der Waals surface area contributed by atoms with Crippen molar-refractivity contribution in [2.75, 3.05) is 32.7 Å². The van der Waals surface area contributed by atoms with E-state index in [9.17, 15) is 5.26 Å². The molecule has 0 radical (unpaired) electrons. The first-order valence-corrected chi connectivity index (χ1v) is 15.7. The van der Waals surface area contributed by atoms with Crippen molar-refractivity contribution in [3.05, 3.63) is 125 Å². The van der Waals surface area contributed by atoms with Crippen molar-refractivity contribution >= 4 is 0 Å². The molecule has 42 heavy (non-hydrogen) atoms. The van der Waals surface area contributed by atoms with E-state index >= 15 is 0 Å². The average molecular weight is 558 g/mol. The fourth-order valence-corrected chi connectivity index (χ4v) is 6.92. The topological polar surface area (TPSA) is 59.0 Å². The summed E-state index contributed by atoms with van der Waals surface area (Å²) >= 11 is 0. The normalized spacial score (nSPS) is 19.0. The molecule has 5 nitrogen and oxygen atoms in total. The van der Waals surface area contributed by atoms with Gasteiger partial charge in [0.15, 0.2) is 0 Å². The zero-order valence-electron chi connectivity index (χ0n) is 24.8. The number of nitrogens with one attached hydrogen (secondary N) is 1. The van der Waals surface area contributed by atoms with Crippen molar-refractivity contribution < 1.29 is 0 Å². The van der Waals surface area contributed by atoms with Gasteiger partial charge in [-0.2, -0.15) is 5.26 Å². The number of likely N-dealkylation sites (tertiary alicyclic amines) is 1. The molecular formula is C37H43N5. The van der Waals surface area contributed by atoms with Crippen LogP contribution >= 0.6 is 0 Å². The first kappa shape index (κ1) is 28.4. The van der Waals surface area contributed by atoms with E-state index in [2.05, 4.69) is 106 Å². The van der Waals surface area contributed by atoms with Gasteiger partial charge in [0.05, 0.1) is 29.2 Å². The van der Waals surface area contributed by atoms with E-state index < -0.39 is 0 Å². The van der Waals surface area contributed by atoms with Gasteiger partial charge in [-0.3, -0.25) is 4.90 Å². The van der Waals surface area contributed by atoms with E-state index in [4.69, 9.17) is 0 Å². The van der Waals surface area contributed by atoms with Gasteiger partial charge >= 0.3 is 0 Å². The second-order valence-electron chi connectivity index (χ2n) is 12.7. The monoisotopic (exact) mass is 557 g/mol. The van der Waals surface area contributed by atoms with Gasteiger partial charge in [0, 0.05) is 38.3 Å². The van der Waals surface area contributed by atoms with Crippen molar-refractivity contribution in [3.63, 3.8) is 0 Å². The zero-order chi connectivity index (χ0) is 28.8. The first-order valence-electron chi connectivity index (χ1n) is 15.7. The molecule has 2 fully saturated rings. The SMILES string of the molecule is CC(Cc1ccc(C#N)cc1)(c1cnc[nH]1)N(CC1CC1)C[C@H]1CCCN(CC(c2ccccc2)c2ccccc2)C1. The van der Waals surface area contributed by atoms with Crippen molar-refractivity contribution in [3.8, 4) is 6.07 Å². The second kappa shape index (κ2) is 13.1. The first-order chi connectivity index (χ1) is 20.6. The number of H-pyrrole nitrogens is 1. The molecule has 6 rings (SSSR count). The summed E-state index contributed by atoms with van der Waals surface area (Å²) in [4.78, 5) is 13.4. The fourth-order valence-electron chi connectivity index (χ4n) is 6.92. The summed E-state index contributed by atoms with van der Waals surface area (Å²) in [6, 6.07) is 32.5. The number of aromatic nitrogens is 2. The van der Waals surface area contributed by atoms with Gasteiger partial charge < -0.3 is 9.88 Å². The summed E-state index contributed by atoms with van der Waals surface area (Å²) < 4.78 is 0. The molecule has 2 heterocycles. The molecule has 4 aromatic rings. The lowest BCUT2D eigenvalue weighted by Gasteiger charge is -2.45. The lowest BCUT2D eigenvalue weighted by Crippen LogP contribution is -2.51. The van der Waals surface area contributed by atoms with Crippen LogP contribution in [0.25, 0.3) is 0 Å². The van der Waals surface area contributed by atoms with E-state index in [0.29, 0.717) is 17.4 Å². The molecule has 1 aliphatic heterocycles. The van der Waals surface area contributed by atoms with Crippen LogP contribution in [0.3, 0.4) is 0 Å². The molecule has 1 saturated carbocycles. The molecule has 2 aliphatic rings. The Balaban J connectivity index is 1.22. The molecule has 3 aromatic carbocycles. The molecule has 0 spiro atoms. The van der Waals surface area contributed by atoms with Crippen LogP contribution in [0, 0.1) is 23.2 Å². The fraction of sp³-hybridized carbons (Fsp3) is 0.405. The molecule has 0 bridgehead atoms. The Morgan fingerprint density at radius 2 is 1.60 bits per heavy atom. The minimum Gasteiger partial charge on any atom is -0.347 e. The third-order valence-electron chi connectivity index (χ3n) is 9.51. The van der Waals surface area contributed by atoms with Gasteiger partial charge in [-0.25, -0.2) is 4.98 Å². The second-order valence-corrected chi connectivity index (χ2v) is 12.7. The highest BCUT2D eigenvalue weighted by molar-refractivity contribution is 5.34. The molecule has 1 aromatic heterocycles. The molecule has 1 saturated heterocycles. The number of aromatic amines is 1. The van der Waals surface area contributed by atoms with E-state index in [1.807, 2.05) is 24.7 Å². The zero-order valence-corrected chi connectivity index (χ0v) is 24.8. The lowest BCUT2D eigenvalue weighted by molar-refractivity contribution is 0.0495. The number of rotatable bonds is 12. The Morgan fingerprint density at radius 3 is 2.19 bits per heavy atom. The Hall–Kier alpha value is -3.72. The van der Waals surface area contributed by atoms with Gasteiger partial charge in [-0.05, 0) is 86.2 Å². The van der Waals surface area contributed by atoms with E-state index in [1.54, 1.807) is 0 Å². The third kappa shape index (κ3) is 6.84. The maximum absolute atomic E-state index is 9.32. The number of hydrogen-bond acceptors (Lipinski definition) is 4. The summed E-state index contributed by atoms with van der Waals surface area (Å²) in [5, 5.41) is 9.32. The Labute approximate surface area is 251 Å². The van der Waals surface area contributed by atoms with Crippen LogP contribution in [0.4, 0.5) is 0 Å². The number of piperidine rings is 1. The Bertz CT molecular complexity index is 1380. The Kier molecular flexibility index (Phi) is 8.84. The largest absolute Gasteiger partial charge is 0.347 e. The maximum atomic E-state index is 9.32. The Morgan fingerprint density at radius 1 is 0.929 bits per heavy atom. The van der Waals surface area contributed by atoms with Crippen LogP contribution in [0.15, 0.2) is 97.5 Å². The van der Waals surface area contributed by atoms with Gasteiger partial charge in [0.25, 0.3) is 0 Å². The van der Waals surface area contributed by atoms with Gasteiger partial charge in [-0.1, -0.05) is 72.8 Å². The summed E-state index contributed by atoms with van der Waals surface area (Å²) in [6.45, 7) is 7.95. The minimum atomic E-state index is -0.202. The summed E-state index contributed by atoms with van der Waals surface area (Å²) in [5.41, 5.74) is 5.74. The predicted octanol–water partition coefficient (Wildman–Crippen LogP) is 7.00. The van der Waals surface area contributed by atoms with E-state index in [-0.39, 0.29) is 5.54 Å². The molecule has 1 aliphatic carbocycles. The highest BCUT2D eigenvalue weighted by Gasteiger charge is 2.40. The van der Waals surface area contributed by atoms with Crippen LogP contribution < -0.4 is 0 Å². The molecule has 1 N–H and O–H groups in total. The smallest absolute Gasteiger partial charge is 0.0991 e. The minimum absolute atomic E-state index is 0.202. The molecule has 0 amide bonds. The molecule has 1 unspecified atom stereocenters. The predicted molar refractivity (Wildman–Crippen MR) is 169 cm³/mol. The molecule has 216 valence electrons. The van der Waals surface area contributed by atoms with Gasteiger partial charge in [0.1, 0.15) is 0 Å². The quantitative estimate of drug-likeness (QED) is 0.204. The van der Waals surface area contributed by atoms with Gasteiger partial charge in [-0.15, -0.1) is 0 Å². The summed E-state index contributed by atoms with van der Waals surface area (Å²) in [5.74, 6) is 1.78. The van der Waals surface area contributed by atoms with Crippen LogP contribution in [0.5, 0.6) is 0 Å². The van der Waals surface area contributed by atoms with Crippen molar-refractivity contribution in [1.29, 1.82) is 5.26 Å². The average Bonchev–Trinajstić information content (AvgIpc) is 3.68. The van der Waals surface area contributed by atoms with Crippen LogP contribution in [0.2, 0.25) is 0 Å². The standard InChI is InChI=1S/C37H43N5/c1-37(36-23-39-28-40-36,21-29-14-16-30(22-38)17-15-29)42(25-31-18-19-31)26-32-9-8-20-41(24-32)27-35(33-10-4-2-5-11-33)34-12-6-3-7-13-34/h2-7,10-17,23,28,31-32,35H,8-9,18-21,24-27H2,1H3,(H,39,40)/t32-,37?/m0/s1. The summed E-state index contributed by atoms with van der Waals surface area (Å²) in [6.07, 6.45) is 9.90. The van der Waals surface area contributed by atoms with Crippen molar-refractivity contribution in [2.45, 2.75) is 50.5 Å². The third-order valence-corrected chi connectivity index (χ3v) is 9.51.